The second kappa shape index (κ2) is 1.58. The number of benzene rings is 1. The first-order chi connectivity index (χ1) is 4.88. The lowest BCUT2D eigenvalue weighted by molar-refractivity contribution is 1.12. The number of rotatable bonds is 0. The molecule has 0 unspecified atom stereocenters. The Morgan fingerprint density at radius 1 is 1.44 bits per heavy atom. The maximum atomic E-state index is 7.25. The zero-order chi connectivity index (χ0) is 6.97. The third-order valence-corrected chi connectivity index (χ3v) is 1.30. The number of aromatic amines is 1. The molecule has 0 aliphatic carbocycles. The molecule has 0 amide bonds. The number of H-pyrrole nitrogens is 1. The highest BCUT2D eigenvalue weighted by molar-refractivity contribution is 5.77. The number of aromatic nitrogens is 2. The summed E-state index contributed by atoms with van der Waals surface area (Å²) >= 11 is 0. The van der Waals surface area contributed by atoms with E-state index in [0.29, 0.717) is 0 Å². The standard InChI is InChI=1S/C7H6N2/c1-2-4-7-6(3-1)5-8-9-7/h1-5H,(H,8,9)/i/hD. The number of nitrogens with zero attached hydrogens (tertiary/aromatic N) is 1. The van der Waals surface area contributed by atoms with E-state index in [-0.39, 0.29) is 0 Å². The predicted octanol–water partition coefficient (Wildman–Crippen LogP) is 1.56. The lowest BCUT2D eigenvalue weighted by atomic mass is 10.3. The molecule has 1 aromatic carbocycles. The van der Waals surface area contributed by atoms with Crippen molar-refractivity contribution >= 4 is 10.9 Å². The van der Waals surface area contributed by atoms with Crippen LogP contribution in [0, 0.1) is 0 Å². The number of para-hydroxylation sites is 1. The van der Waals surface area contributed by atoms with E-state index < -0.39 is 0 Å². The number of hydrogen-bond acceptors (Lipinski definition) is 1. The molecule has 0 bridgehead atoms. The molecule has 0 fully saturated rings. The van der Waals surface area contributed by atoms with Crippen LogP contribution in [-0.4, -0.2) is 10.2 Å². The first-order valence-electron chi connectivity index (χ1n) is 3.25. The summed E-state index contributed by atoms with van der Waals surface area (Å²) < 4.78 is 7.25. The molecule has 0 spiro atoms. The van der Waals surface area contributed by atoms with E-state index in [1.165, 1.54) is 0 Å². The SMILES string of the molecule is [2H]n1ncc2ccccc21. The largest absolute Gasteiger partial charge is 0.278 e. The summed E-state index contributed by atoms with van der Waals surface area (Å²) in [6, 6.07) is 7.64. The molecule has 2 nitrogen and oxygen atoms in total. The van der Waals surface area contributed by atoms with E-state index >= 15 is 0 Å². The van der Waals surface area contributed by atoms with Crippen LogP contribution in [0.15, 0.2) is 30.5 Å². The van der Waals surface area contributed by atoms with E-state index in [1.807, 2.05) is 24.3 Å². The minimum Gasteiger partial charge on any atom is -0.278 e. The Labute approximate surface area is 54.0 Å². The van der Waals surface area contributed by atoms with Crippen molar-refractivity contribution in [2.45, 2.75) is 0 Å². The minimum atomic E-state index is 0.850. The Morgan fingerprint density at radius 3 is 3.22 bits per heavy atom. The van der Waals surface area contributed by atoms with Crippen molar-refractivity contribution in [1.29, 1.82) is 0 Å². The average molecular weight is 119 g/mol. The molecule has 0 radical (unpaired) electrons. The molecular weight excluding hydrogens is 112 g/mol. The van der Waals surface area contributed by atoms with Crippen LogP contribution in [0.1, 0.15) is 0 Å². The number of nitrogens with one attached hydrogen (secondary N) is 1. The highest BCUT2D eigenvalue weighted by Gasteiger charge is 1.88. The van der Waals surface area contributed by atoms with Gasteiger partial charge in [0.15, 0.2) is 1.41 Å². The maximum Gasteiger partial charge on any atom is 0.190 e. The van der Waals surface area contributed by atoms with Crippen molar-refractivity contribution in [2.75, 3.05) is 0 Å². The summed E-state index contributed by atoms with van der Waals surface area (Å²) in [6.07, 6.45) is 1.68. The molecular formula is C7H6N2. The van der Waals surface area contributed by atoms with Crippen LogP contribution in [0.25, 0.3) is 10.9 Å². The van der Waals surface area contributed by atoms with Gasteiger partial charge >= 0.3 is 0 Å². The molecule has 2 rings (SSSR count). The van der Waals surface area contributed by atoms with E-state index in [4.69, 9.17) is 1.41 Å². The van der Waals surface area contributed by atoms with Crippen LogP contribution in [0.3, 0.4) is 0 Å². The lowest BCUT2D eigenvalue weighted by Crippen LogP contribution is -1.63. The van der Waals surface area contributed by atoms with Crippen LogP contribution < -0.4 is 0 Å². The second-order valence-corrected chi connectivity index (χ2v) is 1.90. The molecule has 9 heavy (non-hydrogen) atoms. The molecule has 1 N–H and O–H groups in total. The molecule has 0 aliphatic heterocycles. The van der Waals surface area contributed by atoms with Gasteiger partial charge in [-0.05, 0) is 6.07 Å². The number of fused-ring (bicyclic) bond motifs is 1. The third kappa shape index (κ3) is 0.598. The lowest BCUT2D eigenvalue weighted by Gasteiger charge is -1.81. The van der Waals surface area contributed by atoms with E-state index in [1.54, 1.807) is 6.20 Å². The predicted molar refractivity (Wildman–Crippen MR) is 36.1 cm³/mol. The van der Waals surface area contributed by atoms with E-state index in [9.17, 15) is 0 Å². The van der Waals surface area contributed by atoms with Gasteiger partial charge in [0.1, 0.15) is 0 Å². The summed E-state index contributed by atoms with van der Waals surface area (Å²) in [6.45, 7) is 0. The number of hydrogen-bond donors (Lipinski definition) is 1. The summed E-state index contributed by atoms with van der Waals surface area (Å²) in [4.78, 5) is 0. The van der Waals surface area contributed by atoms with Crippen LogP contribution in [0.2, 0.25) is 1.41 Å². The quantitative estimate of drug-likeness (QED) is 0.560. The van der Waals surface area contributed by atoms with Crippen molar-refractivity contribution in [3.63, 3.8) is 0 Å². The van der Waals surface area contributed by atoms with Crippen molar-refractivity contribution in [3.05, 3.63) is 30.5 Å². The molecule has 0 aliphatic rings. The molecule has 1 aromatic heterocycles. The summed E-state index contributed by atoms with van der Waals surface area (Å²) in [5.74, 6) is 0. The Hall–Kier alpha value is -1.31. The molecule has 0 atom stereocenters. The minimum absolute atomic E-state index is 0.850. The normalized spacial score (nSPS) is 11.8. The van der Waals surface area contributed by atoms with Gasteiger partial charge in [0, 0.05) is 5.39 Å². The van der Waals surface area contributed by atoms with Gasteiger partial charge in [-0.2, -0.15) is 5.10 Å². The molecule has 0 saturated carbocycles. The molecule has 1 heterocycles. The summed E-state index contributed by atoms with van der Waals surface area (Å²) in [5.41, 5.74) is 0.850. The van der Waals surface area contributed by atoms with Gasteiger partial charge in [0.25, 0.3) is 0 Å². The monoisotopic (exact) mass is 119 g/mol. The Kier molecular flexibility index (Phi) is 0.646. The average Bonchev–Trinajstić information content (AvgIpc) is 2.34. The Balaban J connectivity index is 2.93. The highest BCUT2D eigenvalue weighted by atomic mass is 15.1. The van der Waals surface area contributed by atoms with Gasteiger partial charge < -0.3 is 0 Å². The molecule has 2 heteroatoms. The van der Waals surface area contributed by atoms with Crippen molar-refractivity contribution < 1.29 is 1.41 Å². The van der Waals surface area contributed by atoms with Crippen molar-refractivity contribution in [2.24, 2.45) is 0 Å². The fourth-order valence-corrected chi connectivity index (χ4v) is 0.841. The van der Waals surface area contributed by atoms with Gasteiger partial charge in [0.05, 0.1) is 11.7 Å². The molecule has 2 aromatic rings. The fraction of sp³-hybridized carbons (Fsp3) is 0. The van der Waals surface area contributed by atoms with E-state index in [0.717, 1.165) is 16.0 Å². The van der Waals surface area contributed by atoms with Gasteiger partial charge in [-0.1, -0.05) is 18.2 Å². The van der Waals surface area contributed by atoms with Gasteiger partial charge in [0.2, 0.25) is 0 Å². The third-order valence-electron chi connectivity index (χ3n) is 1.30. The maximum absolute atomic E-state index is 7.25. The summed E-state index contributed by atoms with van der Waals surface area (Å²) in [5, 5.41) is 5.91. The highest BCUT2D eigenvalue weighted by Crippen LogP contribution is 2.06. The van der Waals surface area contributed by atoms with Gasteiger partial charge in [-0.25, -0.2) is 0 Å². The van der Waals surface area contributed by atoms with Gasteiger partial charge in [-0.3, -0.25) is 5.09 Å². The van der Waals surface area contributed by atoms with Gasteiger partial charge in [-0.15, -0.1) is 0 Å². The summed E-state index contributed by atoms with van der Waals surface area (Å²) in [7, 11) is 0. The Bertz CT molecular complexity index is 353. The topological polar surface area (TPSA) is 28.7 Å². The Morgan fingerprint density at radius 2 is 2.33 bits per heavy atom. The molecule has 44 valence electrons. The zero-order valence-corrected chi connectivity index (χ0v) is 4.78. The molecule has 0 saturated heterocycles. The smallest absolute Gasteiger partial charge is 0.190 e. The van der Waals surface area contributed by atoms with Crippen LogP contribution in [0.4, 0.5) is 0 Å². The van der Waals surface area contributed by atoms with E-state index in [2.05, 4.69) is 5.10 Å². The van der Waals surface area contributed by atoms with Crippen LogP contribution in [-0.2, 0) is 0 Å². The second-order valence-electron chi connectivity index (χ2n) is 1.90. The van der Waals surface area contributed by atoms with Crippen molar-refractivity contribution in [1.82, 2.24) is 10.2 Å². The van der Waals surface area contributed by atoms with Crippen LogP contribution >= 0.6 is 0 Å². The fourth-order valence-electron chi connectivity index (χ4n) is 0.841. The zero-order valence-electron chi connectivity index (χ0n) is 5.78. The first kappa shape index (κ1) is 3.67. The van der Waals surface area contributed by atoms with Crippen molar-refractivity contribution in [3.8, 4) is 0 Å². The first-order valence-corrected chi connectivity index (χ1v) is 2.80. The van der Waals surface area contributed by atoms with Crippen LogP contribution in [0.5, 0.6) is 0 Å².